The first kappa shape index (κ1) is 15.7. The Hall–Kier alpha value is 0.330. The first-order valence-corrected chi connectivity index (χ1v) is 8.52. The summed E-state index contributed by atoms with van der Waals surface area (Å²) in [4.78, 5) is 12.5. The topological polar surface area (TPSA) is 29.6 Å². The maximum atomic E-state index is 12.3. The number of carbonyl (C=O) groups excluding carboxylic acids is 1. The summed E-state index contributed by atoms with van der Waals surface area (Å²) in [5.41, 5.74) is -0.0130. The van der Waals surface area contributed by atoms with E-state index in [1.807, 2.05) is 13.0 Å². The molecule has 1 heterocycles. The van der Waals surface area contributed by atoms with Crippen LogP contribution in [0.2, 0.25) is 0 Å². The van der Waals surface area contributed by atoms with Crippen molar-refractivity contribution < 1.29 is 9.53 Å². The molecule has 0 spiro atoms. The average molecular weight is 394 g/mol. The van der Waals surface area contributed by atoms with Crippen molar-refractivity contribution in [3.05, 3.63) is 12.2 Å². The SMILES string of the molecule is CC1(C)/C=C\C(=O)C(C)(Br)C(Br)CCC2(C)OC2C1. The molecule has 0 aromatic heterocycles. The van der Waals surface area contributed by atoms with Gasteiger partial charge in [0.1, 0.15) is 0 Å². The van der Waals surface area contributed by atoms with Gasteiger partial charge in [0.15, 0.2) is 5.78 Å². The van der Waals surface area contributed by atoms with Crippen molar-refractivity contribution in [2.75, 3.05) is 0 Å². The summed E-state index contributed by atoms with van der Waals surface area (Å²) >= 11 is 7.26. The second-order valence-electron chi connectivity index (χ2n) is 6.89. The Morgan fingerprint density at radius 2 is 1.95 bits per heavy atom. The predicted octanol–water partition coefficient (Wildman–Crippen LogP) is 4.40. The fraction of sp³-hybridized carbons (Fsp3) is 0.800. The number of hydrogen-bond donors (Lipinski definition) is 0. The highest BCUT2D eigenvalue weighted by Crippen LogP contribution is 2.48. The summed E-state index contributed by atoms with van der Waals surface area (Å²) in [5.74, 6) is 0.129. The number of alkyl halides is 2. The lowest BCUT2D eigenvalue weighted by atomic mass is 9.84. The highest BCUT2D eigenvalue weighted by molar-refractivity contribution is 9.12. The predicted molar refractivity (Wildman–Crippen MR) is 85.1 cm³/mol. The smallest absolute Gasteiger partial charge is 0.172 e. The van der Waals surface area contributed by atoms with E-state index in [1.165, 1.54) is 0 Å². The molecule has 2 rings (SSSR count). The van der Waals surface area contributed by atoms with Crippen molar-refractivity contribution in [2.45, 2.75) is 67.8 Å². The summed E-state index contributed by atoms with van der Waals surface area (Å²) in [5, 5.41) is 0. The zero-order valence-electron chi connectivity index (χ0n) is 12.0. The van der Waals surface area contributed by atoms with Crippen molar-refractivity contribution in [1.82, 2.24) is 0 Å². The summed E-state index contributed by atoms with van der Waals surface area (Å²) in [6, 6.07) is 0. The van der Waals surface area contributed by atoms with E-state index in [2.05, 4.69) is 52.6 Å². The molecule has 0 radical (unpaired) electrons. The van der Waals surface area contributed by atoms with E-state index in [-0.39, 0.29) is 21.6 Å². The summed E-state index contributed by atoms with van der Waals surface area (Å²) < 4.78 is 5.35. The van der Waals surface area contributed by atoms with Crippen LogP contribution in [0.3, 0.4) is 0 Å². The van der Waals surface area contributed by atoms with Crippen molar-refractivity contribution in [3.63, 3.8) is 0 Å². The van der Waals surface area contributed by atoms with Crippen LogP contribution in [0.4, 0.5) is 0 Å². The monoisotopic (exact) mass is 392 g/mol. The Kier molecular flexibility index (Phi) is 4.10. The quantitative estimate of drug-likeness (QED) is 0.451. The van der Waals surface area contributed by atoms with Gasteiger partial charge in [0.25, 0.3) is 0 Å². The Morgan fingerprint density at radius 1 is 1.32 bits per heavy atom. The number of ketones is 1. The van der Waals surface area contributed by atoms with E-state index < -0.39 is 4.32 Å². The van der Waals surface area contributed by atoms with Gasteiger partial charge >= 0.3 is 0 Å². The van der Waals surface area contributed by atoms with Gasteiger partial charge in [-0.05, 0) is 44.6 Å². The minimum absolute atomic E-state index is 0.00635. The first-order valence-electron chi connectivity index (χ1n) is 6.81. The second-order valence-corrected chi connectivity index (χ2v) is 9.64. The maximum absolute atomic E-state index is 12.3. The lowest BCUT2D eigenvalue weighted by molar-refractivity contribution is -0.116. The van der Waals surface area contributed by atoms with Crippen molar-refractivity contribution in [3.8, 4) is 0 Å². The first-order chi connectivity index (χ1) is 8.57. The third-order valence-corrected chi connectivity index (χ3v) is 7.33. The molecule has 108 valence electrons. The largest absolute Gasteiger partial charge is 0.366 e. The Labute approximate surface area is 132 Å². The Balaban J connectivity index is 2.26. The molecule has 1 saturated heterocycles. The fourth-order valence-corrected chi connectivity index (χ4v) is 3.43. The van der Waals surface area contributed by atoms with Gasteiger partial charge in [0, 0.05) is 4.83 Å². The molecule has 1 aliphatic carbocycles. The van der Waals surface area contributed by atoms with Crippen LogP contribution in [0.1, 0.15) is 47.0 Å². The van der Waals surface area contributed by atoms with Crippen molar-refractivity contribution >= 4 is 37.6 Å². The molecule has 4 atom stereocenters. The highest BCUT2D eigenvalue weighted by Gasteiger charge is 2.54. The Morgan fingerprint density at radius 3 is 2.58 bits per heavy atom. The van der Waals surface area contributed by atoms with Gasteiger partial charge in [-0.25, -0.2) is 0 Å². The molecule has 4 heteroatoms. The van der Waals surface area contributed by atoms with Crippen LogP contribution in [0.15, 0.2) is 12.2 Å². The fourth-order valence-electron chi connectivity index (χ4n) is 2.62. The molecular weight excluding hydrogens is 372 g/mol. The van der Waals surface area contributed by atoms with Crippen LogP contribution in [0.5, 0.6) is 0 Å². The van der Waals surface area contributed by atoms with E-state index >= 15 is 0 Å². The molecule has 0 amide bonds. The Bertz CT molecular complexity index is 414. The molecular formula is C15H22Br2O2. The van der Waals surface area contributed by atoms with Gasteiger partial charge in [-0.15, -0.1) is 0 Å². The molecule has 0 saturated carbocycles. The summed E-state index contributed by atoms with van der Waals surface area (Å²) in [6.07, 6.45) is 6.96. The number of epoxide rings is 1. The lowest BCUT2D eigenvalue weighted by Crippen LogP contribution is -2.37. The van der Waals surface area contributed by atoms with E-state index in [1.54, 1.807) is 6.08 Å². The van der Waals surface area contributed by atoms with Crippen LogP contribution in [-0.4, -0.2) is 26.6 Å². The van der Waals surface area contributed by atoms with Crippen LogP contribution in [-0.2, 0) is 9.53 Å². The molecule has 2 aliphatic rings. The number of allylic oxidation sites excluding steroid dienone is 2. The van der Waals surface area contributed by atoms with Crippen LogP contribution < -0.4 is 0 Å². The van der Waals surface area contributed by atoms with E-state index in [4.69, 9.17) is 4.74 Å². The standard InChI is InChI=1S/C15H22Br2O2/c1-13(2)7-6-11(18)15(4,17)10(16)5-8-14(3)12(9-13)19-14/h6-7,10,12H,5,8-9H2,1-4H3/b7-6-. The molecule has 19 heavy (non-hydrogen) atoms. The van der Waals surface area contributed by atoms with Gasteiger partial charge in [0.05, 0.1) is 16.0 Å². The van der Waals surface area contributed by atoms with Gasteiger partial charge in [-0.1, -0.05) is 51.8 Å². The number of hydrogen-bond acceptors (Lipinski definition) is 2. The van der Waals surface area contributed by atoms with Crippen LogP contribution in [0.25, 0.3) is 0 Å². The number of halogens is 2. The van der Waals surface area contributed by atoms with Gasteiger partial charge < -0.3 is 4.74 Å². The molecule has 0 aromatic rings. The molecule has 1 fully saturated rings. The number of rotatable bonds is 0. The third-order valence-electron chi connectivity index (χ3n) is 4.40. The lowest BCUT2D eigenvalue weighted by Gasteiger charge is -2.26. The molecule has 0 bridgehead atoms. The van der Waals surface area contributed by atoms with Gasteiger partial charge in [-0.3, -0.25) is 4.79 Å². The van der Waals surface area contributed by atoms with Crippen molar-refractivity contribution in [1.29, 1.82) is 0 Å². The molecule has 0 aromatic carbocycles. The normalized spacial score (nSPS) is 48.0. The molecule has 2 nitrogen and oxygen atoms in total. The highest BCUT2D eigenvalue weighted by atomic mass is 79.9. The van der Waals surface area contributed by atoms with E-state index in [0.717, 1.165) is 19.3 Å². The van der Waals surface area contributed by atoms with Crippen molar-refractivity contribution in [2.24, 2.45) is 5.41 Å². The summed E-state index contributed by atoms with van der Waals surface area (Å²) in [7, 11) is 0. The average Bonchev–Trinajstić information content (AvgIpc) is 2.92. The molecule has 0 N–H and O–H groups in total. The third kappa shape index (κ3) is 3.33. The molecule has 4 unspecified atom stereocenters. The number of carbonyl (C=O) groups is 1. The summed E-state index contributed by atoms with van der Waals surface area (Å²) in [6.45, 7) is 8.45. The van der Waals surface area contributed by atoms with Gasteiger partial charge in [0.2, 0.25) is 0 Å². The van der Waals surface area contributed by atoms with E-state index in [0.29, 0.717) is 6.10 Å². The minimum atomic E-state index is -0.551. The van der Waals surface area contributed by atoms with Crippen LogP contribution in [0, 0.1) is 5.41 Å². The minimum Gasteiger partial charge on any atom is -0.366 e. The zero-order valence-corrected chi connectivity index (χ0v) is 15.2. The number of fused-ring (bicyclic) bond motifs is 1. The zero-order chi connectivity index (χ0) is 14.5. The molecule has 1 aliphatic heterocycles. The second kappa shape index (κ2) is 4.96. The maximum Gasteiger partial charge on any atom is 0.172 e. The van der Waals surface area contributed by atoms with E-state index in [9.17, 15) is 4.79 Å². The number of ether oxygens (including phenoxy) is 1. The van der Waals surface area contributed by atoms with Gasteiger partial charge in [-0.2, -0.15) is 0 Å². The van der Waals surface area contributed by atoms with Crippen LogP contribution >= 0.6 is 31.9 Å².